The van der Waals surface area contributed by atoms with Crippen molar-refractivity contribution in [2.75, 3.05) is 12.3 Å². The lowest BCUT2D eigenvalue weighted by molar-refractivity contribution is 0.105. The van der Waals surface area contributed by atoms with E-state index in [-0.39, 0.29) is 0 Å². The number of likely N-dealkylation sites (tertiary alicyclic amines) is 1. The molecule has 2 atom stereocenters. The van der Waals surface area contributed by atoms with Crippen molar-refractivity contribution in [2.45, 2.75) is 51.6 Å². The molecule has 0 amide bonds. The van der Waals surface area contributed by atoms with Gasteiger partial charge in [-0.15, -0.1) is 0 Å². The third-order valence-corrected chi connectivity index (χ3v) is 3.85. The molecule has 0 aliphatic carbocycles. The van der Waals surface area contributed by atoms with Gasteiger partial charge in [0.15, 0.2) is 0 Å². The SMILES string of the molecule is C[C@@H]1CCC[C@H](C)N1CCc1ccc(N)cn1. The van der Waals surface area contributed by atoms with Crippen LogP contribution in [0.3, 0.4) is 0 Å². The highest BCUT2D eigenvalue weighted by Crippen LogP contribution is 2.22. The summed E-state index contributed by atoms with van der Waals surface area (Å²) in [6.45, 7) is 5.79. The average Bonchev–Trinajstić information content (AvgIpc) is 2.31. The van der Waals surface area contributed by atoms with E-state index in [0.29, 0.717) is 12.1 Å². The Labute approximate surface area is 104 Å². The van der Waals surface area contributed by atoms with Gasteiger partial charge < -0.3 is 5.73 Å². The first kappa shape index (κ1) is 12.4. The van der Waals surface area contributed by atoms with Gasteiger partial charge in [-0.25, -0.2) is 0 Å². The second kappa shape index (κ2) is 5.50. The molecule has 17 heavy (non-hydrogen) atoms. The van der Waals surface area contributed by atoms with Gasteiger partial charge in [-0.05, 0) is 38.8 Å². The van der Waals surface area contributed by atoms with E-state index < -0.39 is 0 Å². The zero-order valence-electron chi connectivity index (χ0n) is 10.9. The van der Waals surface area contributed by atoms with Crippen molar-refractivity contribution in [3.63, 3.8) is 0 Å². The molecule has 94 valence electrons. The van der Waals surface area contributed by atoms with Crippen LogP contribution in [0.1, 0.15) is 38.8 Å². The molecule has 2 N–H and O–H groups in total. The highest BCUT2D eigenvalue weighted by atomic mass is 15.2. The summed E-state index contributed by atoms with van der Waals surface area (Å²) in [7, 11) is 0. The van der Waals surface area contributed by atoms with E-state index in [1.54, 1.807) is 6.20 Å². The van der Waals surface area contributed by atoms with E-state index in [1.807, 2.05) is 12.1 Å². The summed E-state index contributed by atoms with van der Waals surface area (Å²) in [4.78, 5) is 6.97. The van der Waals surface area contributed by atoms with Crippen LogP contribution in [0.5, 0.6) is 0 Å². The van der Waals surface area contributed by atoms with Crippen LogP contribution in [-0.4, -0.2) is 28.5 Å². The molecule has 0 bridgehead atoms. The van der Waals surface area contributed by atoms with Crippen molar-refractivity contribution in [1.29, 1.82) is 0 Å². The van der Waals surface area contributed by atoms with Gasteiger partial charge in [0, 0.05) is 30.7 Å². The van der Waals surface area contributed by atoms with Crippen molar-refractivity contribution < 1.29 is 0 Å². The van der Waals surface area contributed by atoms with Crippen LogP contribution in [-0.2, 0) is 6.42 Å². The van der Waals surface area contributed by atoms with Gasteiger partial charge in [0.05, 0.1) is 11.9 Å². The molecule has 0 aromatic carbocycles. The Kier molecular flexibility index (Phi) is 4.00. The van der Waals surface area contributed by atoms with Crippen LogP contribution in [0, 0.1) is 0 Å². The highest BCUT2D eigenvalue weighted by molar-refractivity contribution is 5.34. The number of anilines is 1. The first-order valence-electron chi connectivity index (χ1n) is 6.63. The topological polar surface area (TPSA) is 42.1 Å². The third kappa shape index (κ3) is 3.19. The molecule has 0 saturated carbocycles. The molecule has 1 aromatic heterocycles. The van der Waals surface area contributed by atoms with Crippen LogP contribution in [0.4, 0.5) is 5.69 Å². The zero-order valence-corrected chi connectivity index (χ0v) is 10.9. The fraction of sp³-hybridized carbons (Fsp3) is 0.643. The second-order valence-electron chi connectivity index (χ2n) is 5.20. The number of nitrogens with zero attached hydrogens (tertiary/aromatic N) is 2. The van der Waals surface area contributed by atoms with Gasteiger partial charge in [-0.1, -0.05) is 6.42 Å². The van der Waals surface area contributed by atoms with E-state index in [4.69, 9.17) is 5.73 Å². The van der Waals surface area contributed by atoms with Gasteiger partial charge in [0.2, 0.25) is 0 Å². The normalized spacial score (nSPS) is 26.0. The van der Waals surface area contributed by atoms with Crippen molar-refractivity contribution in [1.82, 2.24) is 9.88 Å². The maximum absolute atomic E-state index is 5.64. The Morgan fingerprint density at radius 1 is 1.29 bits per heavy atom. The zero-order chi connectivity index (χ0) is 12.3. The largest absolute Gasteiger partial charge is 0.397 e. The maximum Gasteiger partial charge on any atom is 0.0501 e. The van der Waals surface area contributed by atoms with Gasteiger partial charge >= 0.3 is 0 Å². The number of hydrogen-bond acceptors (Lipinski definition) is 3. The third-order valence-electron chi connectivity index (χ3n) is 3.85. The average molecular weight is 233 g/mol. The second-order valence-corrected chi connectivity index (χ2v) is 5.20. The van der Waals surface area contributed by atoms with Crippen molar-refractivity contribution >= 4 is 5.69 Å². The molecule has 3 nitrogen and oxygen atoms in total. The standard InChI is InChI=1S/C14H23N3/c1-11-4-3-5-12(2)17(11)9-8-14-7-6-13(15)10-16-14/h6-7,10-12H,3-5,8-9,15H2,1-2H3/t11-,12+. The number of pyridine rings is 1. The first-order chi connectivity index (χ1) is 8.16. The Morgan fingerprint density at radius 3 is 2.59 bits per heavy atom. The molecular weight excluding hydrogens is 210 g/mol. The molecule has 1 fully saturated rings. The molecule has 1 aliphatic heterocycles. The summed E-state index contributed by atoms with van der Waals surface area (Å²) in [5.41, 5.74) is 7.52. The van der Waals surface area contributed by atoms with Crippen LogP contribution >= 0.6 is 0 Å². The number of nitrogens with two attached hydrogens (primary N) is 1. The molecule has 2 heterocycles. The molecule has 1 aromatic rings. The van der Waals surface area contributed by atoms with Gasteiger partial charge in [-0.2, -0.15) is 0 Å². The van der Waals surface area contributed by atoms with E-state index >= 15 is 0 Å². The molecule has 0 spiro atoms. The lowest BCUT2D eigenvalue weighted by Gasteiger charge is -2.39. The molecular formula is C14H23N3. The minimum atomic E-state index is 0.715. The fourth-order valence-electron chi connectivity index (χ4n) is 2.74. The number of hydrogen-bond donors (Lipinski definition) is 1. The van der Waals surface area contributed by atoms with Crippen LogP contribution in [0.25, 0.3) is 0 Å². The molecule has 0 radical (unpaired) electrons. The number of nitrogen functional groups attached to an aromatic ring is 1. The van der Waals surface area contributed by atoms with E-state index in [1.165, 1.54) is 19.3 Å². The summed E-state index contributed by atoms with van der Waals surface area (Å²) < 4.78 is 0. The minimum absolute atomic E-state index is 0.715. The van der Waals surface area contributed by atoms with E-state index in [2.05, 4.69) is 23.7 Å². The van der Waals surface area contributed by atoms with Gasteiger partial charge in [-0.3, -0.25) is 9.88 Å². The van der Waals surface area contributed by atoms with Gasteiger partial charge in [0.25, 0.3) is 0 Å². The van der Waals surface area contributed by atoms with Crippen molar-refractivity contribution in [2.24, 2.45) is 0 Å². The Morgan fingerprint density at radius 2 is 2.00 bits per heavy atom. The van der Waals surface area contributed by atoms with Crippen LogP contribution in [0.2, 0.25) is 0 Å². The predicted octanol–water partition coefficient (Wildman–Crippen LogP) is 2.47. The number of rotatable bonds is 3. The summed E-state index contributed by atoms with van der Waals surface area (Å²) in [5, 5.41) is 0. The van der Waals surface area contributed by atoms with Crippen molar-refractivity contribution in [3.05, 3.63) is 24.0 Å². The minimum Gasteiger partial charge on any atom is -0.397 e. The summed E-state index contributed by atoms with van der Waals surface area (Å²) in [6.07, 6.45) is 6.81. The fourth-order valence-corrected chi connectivity index (χ4v) is 2.74. The summed E-state index contributed by atoms with van der Waals surface area (Å²) in [6, 6.07) is 5.40. The molecule has 3 heteroatoms. The monoisotopic (exact) mass is 233 g/mol. The predicted molar refractivity (Wildman–Crippen MR) is 71.8 cm³/mol. The van der Waals surface area contributed by atoms with E-state index in [9.17, 15) is 0 Å². The number of piperidine rings is 1. The molecule has 1 aliphatic rings. The number of aromatic nitrogens is 1. The van der Waals surface area contributed by atoms with Gasteiger partial charge in [0.1, 0.15) is 0 Å². The summed E-state index contributed by atoms with van der Waals surface area (Å²) >= 11 is 0. The lowest BCUT2D eigenvalue weighted by atomic mass is 9.97. The first-order valence-corrected chi connectivity index (χ1v) is 6.63. The quantitative estimate of drug-likeness (QED) is 0.872. The Balaban J connectivity index is 1.90. The maximum atomic E-state index is 5.64. The van der Waals surface area contributed by atoms with Crippen LogP contribution in [0.15, 0.2) is 18.3 Å². The highest BCUT2D eigenvalue weighted by Gasteiger charge is 2.23. The smallest absolute Gasteiger partial charge is 0.0501 e. The van der Waals surface area contributed by atoms with E-state index in [0.717, 1.165) is 24.3 Å². The Bertz CT molecular complexity index is 337. The molecule has 2 rings (SSSR count). The molecule has 0 unspecified atom stereocenters. The van der Waals surface area contributed by atoms with Crippen LogP contribution < -0.4 is 5.73 Å². The Hall–Kier alpha value is -1.09. The summed E-state index contributed by atoms with van der Waals surface area (Å²) in [5.74, 6) is 0. The molecule has 1 saturated heterocycles. The van der Waals surface area contributed by atoms with Crippen molar-refractivity contribution in [3.8, 4) is 0 Å². The lowest BCUT2D eigenvalue weighted by Crippen LogP contribution is -2.44.